The summed E-state index contributed by atoms with van der Waals surface area (Å²) in [6.45, 7) is 3.09. The van der Waals surface area contributed by atoms with Crippen LogP contribution in [0.4, 0.5) is 5.69 Å². The molecule has 0 aliphatic heterocycles. The highest BCUT2D eigenvalue weighted by atomic mass is 32.2. The van der Waals surface area contributed by atoms with E-state index in [1.807, 2.05) is 26.2 Å². The van der Waals surface area contributed by atoms with Gasteiger partial charge in [-0.25, -0.2) is 8.42 Å². The van der Waals surface area contributed by atoms with Crippen LogP contribution in [0.25, 0.3) is 5.57 Å². The van der Waals surface area contributed by atoms with E-state index in [2.05, 4.69) is 16.5 Å². The lowest BCUT2D eigenvalue weighted by atomic mass is 10.0. The Morgan fingerprint density at radius 1 is 1.14 bits per heavy atom. The van der Waals surface area contributed by atoms with Gasteiger partial charge in [-0.05, 0) is 80.4 Å². The fourth-order valence-corrected chi connectivity index (χ4v) is 4.63. The number of allylic oxidation sites excluding steroid dienone is 1. The zero-order valence-corrected chi connectivity index (χ0v) is 17.8. The van der Waals surface area contributed by atoms with Crippen LogP contribution in [-0.4, -0.2) is 39.9 Å². The first kappa shape index (κ1) is 21.1. The van der Waals surface area contributed by atoms with Crippen LogP contribution >= 0.6 is 0 Å². The van der Waals surface area contributed by atoms with Crippen molar-refractivity contribution in [3.63, 3.8) is 0 Å². The number of nitrogens with two attached hydrogens (primary N) is 1. The molecule has 2 aromatic carbocycles. The molecule has 0 bridgehead atoms. The topological polar surface area (TPSA) is 92.5 Å². The monoisotopic (exact) mass is 413 g/mol. The van der Waals surface area contributed by atoms with Crippen molar-refractivity contribution in [3.8, 4) is 0 Å². The number of anilines is 1. The predicted octanol–water partition coefficient (Wildman–Crippen LogP) is 2.80. The van der Waals surface area contributed by atoms with Gasteiger partial charge >= 0.3 is 0 Å². The zero-order chi connectivity index (χ0) is 21.2. The van der Waals surface area contributed by atoms with Crippen molar-refractivity contribution >= 4 is 27.2 Å². The maximum Gasteiger partial charge on any atom is 0.261 e. The molecule has 0 unspecified atom stereocenters. The van der Waals surface area contributed by atoms with Crippen LogP contribution in [0.5, 0.6) is 0 Å². The number of benzene rings is 2. The molecule has 0 aromatic heterocycles. The summed E-state index contributed by atoms with van der Waals surface area (Å²) in [6.07, 6.45) is 1.93. The molecule has 0 fully saturated rings. The minimum Gasteiger partial charge on any atom is -0.369 e. The third-order valence-electron chi connectivity index (χ3n) is 5.08. The Morgan fingerprint density at radius 3 is 2.45 bits per heavy atom. The van der Waals surface area contributed by atoms with Gasteiger partial charge in [0, 0.05) is 12.2 Å². The second-order valence-corrected chi connectivity index (χ2v) is 9.44. The number of primary amides is 1. The van der Waals surface area contributed by atoms with Crippen LogP contribution in [0.2, 0.25) is 0 Å². The summed E-state index contributed by atoms with van der Waals surface area (Å²) < 4.78 is 28.2. The van der Waals surface area contributed by atoms with Crippen molar-refractivity contribution < 1.29 is 13.2 Å². The second-order valence-electron chi connectivity index (χ2n) is 7.75. The fourth-order valence-electron chi connectivity index (χ4n) is 3.58. The first-order valence-corrected chi connectivity index (χ1v) is 11.0. The number of sulfonamides is 1. The molecule has 0 radical (unpaired) electrons. The van der Waals surface area contributed by atoms with E-state index in [4.69, 9.17) is 5.73 Å². The van der Waals surface area contributed by atoms with Crippen molar-refractivity contribution in [1.29, 1.82) is 0 Å². The summed E-state index contributed by atoms with van der Waals surface area (Å²) in [6, 6.07) is 11.9. The standard InChI is InChI=1S/C22H27N3O3S/c1-15-12-17-6-7-18(14-21(17)20(15)10-11-25(2)3)24-29(27,28)19-8-4-16(5-9-19)13-22(23)26/h4-9,14,24H,10-13H2,1-3H3,(H2,23,26). The Labute approximate surface area is 172 Å². The Bertz CT molecular complexity index is 1060. The number of carbonyl (C=O) groups excluding carboxylic acids is 1. The normalized spacial score (nSPS) is 13.7. The summed E-state index contributed by atoms with van der Waals surface area (Å²) in [5.74, 6) is -0.453. The molecule has 2 aromatic rings. The van der Waals surface area contributed by atoms with Gasteiger partial charge in [0.25, 0.3) is 10.0 Å². The Hall–Kier alpha value is -2.64. The van der Waals surface area contributed by atoms with Gasteiger partial charge in [-0.2, -0.15) is 0 Å². The van der Waals surface area contributed by atoms with Crippen LogP contribution < -0.4 is 10.5 Å². The predicted molar refractivity (Wildman–Crippen MR) is 116 cm³/mol. The van der Waals surface area contributed by atoms with Gasteiger partial charge in [0.2, 0.25) is 5.91 Å². The van der Waals surface area contributed by atoms with Gasteiger partial charge in [-0.15, -0.1) is 0 Å². The molecular formula is C22H27N3O3S. The smallest absolute Gasteiger partial charge is 0.261 e. The van der Waals surface area contributed by atoms with E-state index in [0.717, 1.165) is 24.9 Å². The van der Waals surface area contributed by atoms with E-state index in [1.54, 1.807) is 18.2 Å². The average molecular weight is 414 g/mol. The Kier molecular flexibility index (Phi) is 6.10. The quantitative estimate of drug-likeness (QED) is 0.696. The first-order valence-electron chi connectivity index (χ1n) is 9.52. The zero-order valence-electron chi connectivity index (χ0n) is 17.0. The number of hydrogen-bond acceptors (Lipinski definition) is 4. The second kappa shape index (κ2) is 8.39. The molecule has 0 saturated carbocycles. The van der Waals surface area contributed by atoms with E-state index in [9.17, 15) is 13.2 Å². The molecule has 3 N–H and O–H groups in total. The molecule has 1 aliphatic rings. The van der Waals surface area contributed by atoms with Crippen LogP contribution in [0.3, 0.4) is 0 Å². The molecule has 3 rings (SSSR count). The number of carbonyl (C=O) groups is 1. The van der Waals surface area contributed by atoms with E-state index in [-0.39, 0.29) is 11.3 Å². The Morgan fingerprint density at radius 2 is 1.83 bits per heavy atom. The minimum atomic E-state index is -3.72. The lowest BCUT2D eigenvalue weighted by Crippen LogP contribution is -2.15. The summed E-state index contributed by atoms with van der Waals surface area (Å²) in [5, 5.41) is 0. The van der Waals surface area contributed by atoms with Crippen LogP contribution in [0.1, 0.15) is 30.0 Å². The SMILES string of the molecule is CC1=C(CCN(C)C)c2cc(NS(=O)(=O)c3ccc(CC(N)=O)cc3)ccc2C1. The summed E-state index contributed by atoms with van der Waals surface area (Å²) in [4.78, 5) is 13.3. The molecule has 1 aliphatic carbocycles. The third-order valence-corrected chi connectivity index (χ3v) is 6.48. The van der Waals surface area contributed by atoms with Crippen molar-refractivity contribution in [3.05, 3.63) is 64.7 Å². The molecule has 29 heavy (non-hydrogen) atoms. The highest BCUT2D eigenvalue weighted by Crippen LogP contribution is 2.36. The van der Waals surface area contributed by atoms with Crippen molar-refractivity contribution in [1.82, 2.24) is 4.90 Å². The molecule has 0 heterocycles. The van der Waals surface area contributed by atoms with Crippen LogP contribution in [0.15, 0.2) is 52.9 Å². The van der Waals surface area contributed by atoms with Crippen molar-refractivity contribution in [2.45, 2.75) is 31.1 Å². The molecule has 0 saturated heterocycles. The Balaban J connectivity index is 1.81. The number of fused-ring (bicyclic) bond motifs is 1. The largest absolute Gasteiger partial charge is 0.369 e. The number of rotatable bonds is 8. The molecule has 1 amide bonds. The summed E-state index contributed by atoms with van der Waals surface area (Å²) in [5.41, 5.74) is 11.4. The van der Waals surface area contributed by atoms with Gasteiger partial charge in [0.1, 0.15) is 0 Å². The van der Waals surface area contributed by atoms with Crippen molar-refractivity contribution in [2.75, 3.05) is 25.4 Å². The number of amides is 1. The molecule has 0 atom stereocenters. The first-order chi connectivity index (χ1) is 13.7. The maximum atomic E-state index is 12.8. The van der Waals surface area contributed by atoms with Crippen LogP contribution in [0, 0.1) is 0 Å². The average Bonchev–Trinajstić information content (AvgIpc) is 2.94. The number of nitrogens with one attached hydrogen (secondary N) is 1. The number of nitrogens with zero attached hydrogens (tertiary/aromatic N) is 1. The van der Waals surface area contributed by atoms with E-state index in [1.165, 1.54) is 28.8 Å². The third kappa shape index (κ3) is 5.05. The summed E-state index contributed by atoms with van der Waals surface area (Å²) >= 11 is 0. The van der Waals surface area contributed by atoms with Gasteiger partial charge in [-0.3, -0.25) is 9.52 Å². The van der Waals surface area contributed by atoms with Gasteiger partial charge < -0.3 is 10.6 Å². The highest BCUT2D eigenvalue weighted by molar-refractivity contribution is 7.92. The summed E-state index contributed by atoms with van der Waals surface area (Å²) in [7, 11) is 0.370. The van der Waals surface area contributed by atoms with Gasteiger partial charge in [0.15, 0.2) is 0 Å². The van der Waals surface area contributed by atoms with Gasteiger partial charge in [-0.1, -0.05) is 23.8 Å². The highest BCUT2D eigenvalue weighted by Gasteiger charge is 2.21. The fraction of sp³-hybridized carbons (Fsp3) is 0.318. The number of hydrogen-bond donors (Lipinski definition) is 2. The van der Waals surface area contributed by atoms with E-state index < -0.39 is 15.9 Å². The molecule has 7 heteroatoms. The molecule has 154 valence electrons. The lowest BCUT2D eigenvalue weighted by Gasteiger charge is -2.14. The van der Waals surface area contributed by atoms with E-state index >= 15 is 0 Å². The van der Waals surface area contributed by atoms with Crippen LogP contribution in [-0.2, 0) is 27.7 Å². The van der Waals surface area contributed by atoms with Gasteiger partial charge in [0.05, 0.1) is 11.3 Å². The lowest BCUT2D eigenvalue weighted by molar-refractivity contribution is -0.117. The molecule has 0 spiro atoms. The maximum absolute atomic E-state index is 12.8. The molecular weight excluding hydrogens is 386 g/mol. The van der Waals surface area contributed by atoms with E-state index in [0.29, 0.717) is 11.3 Å². The minimum absolute atomic E-state index is 0.0833. The molecule has 6 nitrogen and oxygen atoms in total. The van der Waals surface area contributed by atoms with Crippen molar-refractivity contribution in [2.24, 2.45) is 5.73 Å².